The van der Waals surface area contributed by atoms with Gasteiger partial charge in [0.15, 0.2) is 0 Å². The first kappa shape index (κ1) is 12.9. The lowest BCUT2D eigenvalue weighted by Crippen LogP contribution is -2.36. The van der Waals surface area contributed by atoms with Gasteiger partial charge in [-0.1, -0.05) is 41.9 Å². The maximum absolute atomic E-state index is 9.64. The zero-order valence-electron chi connectivity index (χ0n) is 10.1. The number of nitrogens with one attached hydrogen (secondary N) is 1. The molecular formula is C14H15ClN2O. The van der Waals surface area contributed by atoms with E-state index in [0.717, 1.165) is 5.56 Å². The predicted octanol–water partition coefficient (Wildman–Crippen LogP) is 3.05. The van der Waals surface area contributed by atoms with E-state index in [1.54, 1.807) is 18.3 Å². The van der Waals surface area contributed by atoms with Crippen molar-refractivity contribution in [3.8, 4) is 0 Å². The van der Waals surface area contributed by atoms with Gasteiger partial charge < -0.3 is 10.4 Å². The van der Waals surface area contributed by atoms with Crippen LogP contribution in [-0.2, 0) is 5.54 Å². The third-order valence-corrected chi connectivity index (χ3v) is 3.08. The summed E-state index contributed by atoms with van der Waals surface area (Å²) in [6.45, 7) is 1.90. The molecule has 2 aromatic rings. The van der Waals surface area contributed by atoms with Crippen LogP contribution in [0.1, 0.15) is 12.5 Å². The van der Waals surface area contributed by atoms with Crippen LogP contribution in [-0.4, -0.2) is 16.7 Å². The highest BCUT2D eigenvalue weighted by atomic mass is 35.5. The fourth-order valence-corrected chi connectivity index (χ4v) is 1.85. The lowest BCUT2D eigenvalue weighted by Gasteiger charge is -2.29. The molecule has 0 spiro atoms. The van der Waals surface area contributed by atoms with Crippen molar-refractivity contribution >= 4 is 17.4 Å². The molecule has 18 heavy (non-hydrogen) atoms. The summed E-state index contributed by atoms with van der Waals surface area (Å²) < 4.78 is 0. The van der Waals surface area contributed by atoms with Crippen molar-refractivity contribution in [2.24, 2.45) is 0 Å². The topological polar surface area (TPSA) is 45.1 Å². The van der Waals surface area contributed by atoms with Crippen LogP contribution in [0.3, 0.4) is 0 Å². The Hall–Kier alpha value is -1.58. The molecule has 0 aliphatic rings. The Morgan fingerprint density at radius 2 is 1.94 bits per heavy atom. The van der Waals surface area contributed by atoms with E-state index in [4.69, 9.17) is 11.6 Å². The standard InChI is InChI=1S/C14H15ClN2O/c1-14(10-18,11-5-3-2-4-6-11)17-13-8-7-12(15)9-16-13/h2-9,18H,10H2,1H3,(H,16,17). The summed E-state index contributed by atoms with van der Waals surface area (Å²) in [7, 11) is 0. The second-order valence-electron chi connectivity index (χ2n) is 4.34. The molecule has 0 bridgehead atoms. The summed E-state index contributed by atoms with van der Waals surface area (Å²) in [4.78, 5) is 4.18. The van der Waals surface area contributed by atoms with Gasteiger partial charge in [-0.2, -0.15) is 0 Å². The fraction of sp³-hybridized carbons (Fsp3) is 0.214. The van der Waals surface area contributed by atoms with Crippen molar-refractivity contribution in [2.45, 2.75) is 12.5 Å². The van der Waals surface area contributed by atoms with Crippen LogP contribution in [0, 0.1) is 0 Å². The van der Waals surface area contributed by atoms with E-state index in [-0.39, 0.29) is 6.61 Å². The van der Waals surface area contributed by atoms with Crippen LogP contribution < -0.4 is 5.32 Å². The second kappa shape index (κ2) is 5.38. The largest absolute Gasteiger partial charge is 0.394 e. The molecule has 1 aromatic heterocycles. The predicted molar refractivity (Wildman–Crippen MR) is 73.7 cm³/mol. The molecule has 0 aliphatic heterocycles. The van der Waals surface area contributed by atoms with E-state index in [1.807, 2.05) is 37.3 Å². The lowest BCUT2D eigenvalue weighted by atomic mass is 9.93. The van der Waals surface area contributed by atoms with Crippen molar-refractivity contribution in [2.75, 3.05) is 11.9 Å². The van der Waals surface area contributed by atoms with Crippen molar-refractivity contribution in [1.29, 1.82) is 0 Å². The average Bonchev–Trinajstić information content (AvgIpc) is 2.42. The molecule has 1 heterocycles. The number of rotatable bonds is 4. The first-order valence-electron chi connectivity index (χ1n) is 5.70. The molecule has 1 atom stereocenters. The van der Waals surface area contributed by atoms with Crippen LogP contribution in [0.15, 0.2) is 48.7 Å². The summed E-state index contributed by atoms with van der Waals surface area (Å²) in [6.07, 6.45) is 1.58. The molecule has 0 amide bonds. The van der Waals surface area contributed by atoms with Crippen molar-refractivity contribution < 1.29 is 5.11 Å². The van der Waals surface area contributed by atoms with E-state index in [0.29, 0.717) is 10.8 Å². The van der Waals surface area contributed by atoms with Crippen molar-refractivity contribution in [3.63, 3.8) is 0 Å². The molecular weight excluding hydrogens is 248 g/mol. The number of hydrogen-bond donors (Lipinski definition) is 2. The summed E-state index contributed by atoms with van der Waals surface area (Å²) in [5, 5.41) is 13.5. The Kier molecular flexibility index (Phi) is 3.84. The van der Waals surface area contributed by atoms with E-state index in [1.165, 1.54) is 0 Å². The van der Waals surface area contributed by atoms with Crippen LogP contribution in [0.5, 0.6) is 0 Å². The van der Waals surface area contributed by atoms with Gasteiger partial charge in [0.1, 0.15) is 5.82 Å². The zero-order valence-corrected chi connectivity index (χ0v) is 10.9. The van der Waals surface area contributed by atoms with Gasteiger partial charge >= 0.3 is 0 Å². The van der Waals surface area contributed by atoms with Gasteiger partial charge in [0.05, 0.1) is 17.2 Å². The number of nitrogens with zero attached hydrogens (tertiary/aromatic N) is 1. The molecule has 0 aliphatic carbocycles. The number of aliphatic hydroxyl groups excluding tert-OH is 1. The molecule has 0 radical (unpaired) electrons. The number of halogens is 1. The van der Waals surface area contributed by atoms with Gasteiger partial charge in [0.2, 0.25) is 0 Å². The number of benzene rings is 1. The smallest absolute Gasteiger partial charge is 0.126 e. The zero-order chi connectivity index (χ0) is 13.0. The Morgan fingerprint density at radius 1 is 1.22 bits per heavy atom. The van der Waals surface area contributed by atoms with Gasteiger partial charge in [-0.3, -0.25) is 0 Å². The van der Waals surface area contributed by atoms with Crippen molar-refractivity contribution in [1.82, 2.24) is 4.98 Å². The minimum Gasteiger partial charge on any atom is -0.394 e. The summed E-state index contributed by atoms with van der Waals surface area (Å²) in [6, 6.07) is 13.3. The molecule has 0 saturated carbocycles. The Labute approximate surface area is 111 Å². The van der Waals surface area contributed by atoms with E-state index < -0.39 is 5.54 Å². The van der Waals surface area contributed by atoms with E-state index in [9.17, 15) is 5.11 Å². The molecule has 0 saturated heterocycles. The molecule has 1 aromatic carbocycles. The van der Waals surface area contributed by atoms with Gasteiger partial charge in [-0.05, 0) is 24.6 Å². The average molecular weight is 263 g/mol. The normalized spacial score (nSPS) is 13.9. The molecule has 4 heteroatoms. The van der Waals surface area contributed by atoms with Crippen LogP contribution in [0.4, 0.5) is 5.82 Å². The Morgan fingerprint density at radius 3 is 2.50 bits per heavy atom. The first-order valence-corrected chi connectivity index (χ1v) is 6.08. The van der Waals surface area contributed by atoms with Gasteiger partial charge in [-0.15, -0.1) is 0 Å². The number of hydrogen-bond acceptors (Lipinski definition) is 3. The van der Waals surface area contributed by atoms with Crippen molar-refractivity contribution in [3.05, 3.63) is 59.2 Å². The number of anilines is 1. The van der Waals surface area contributed by atoms with E-state index >= 15 is 0 Å². The molecule has 2 rings (SSSR count). The maximum atomic E-state index is 9.64. The monoisotopic (exact) mass is 262 g/mol. The molecule has 3 nitrogen and oxygen atoms in total. The highest BCUT2D eigenvalue weighted by Crippen LogP contribution is 2.25. The highest BCUT2D eigenvalue weighted by molar-refractivity contribution is 6.30. The SMILES string of the molecule is CC(CO)(Nc1ccc(Cl)cn1)c1ccccc1. The van der Waals surface area contributed by atoms with Gasteiger partial charge in [-0.25, -0.2) is 4.98 Å². The maximum Gasteiger partial charge on any atom is 0.126 e. The third-order valence-electron chi connectivity index (χ3n) is 2.86. The second-order valence-corrected chi connectivity index (χ2v) is 4.78. The fourth-order valence-electron chi connectivity index (χ4n) is 1.74. The minimum absolute atomic E-state index is 0.0265. The Balaban J connectivity index is 2.26. The van der Waals surface area contributed by atoms with Crippen LogP contribution >= 0.6 is 11.6 Å². The number of aromatic nitrogens is 1. The molecule has 2 N–H and O–H groups in total. The van der Waals surface area contributed by atoms with E-state index in [2.05, 4.69) is 10.3 Å². The molecule has 1 unspecified atom stereocenters. The molecule has 0 fully saturated rings. The highest BCUT2D eigenvalue weighted by Gasteiger charge is 2.25. The lowest BCUT2D eigenvalue weighted by molar-refractivity contribution is 0.223. The van der Waals surface area contributed by atoms with Crippen LogP contribution in [0.2, 0.25) is 5.02 Å². The van der Waals surface area contributed by atoms with Crippen LogP contribution in [0.25, 0.3) is 0 Å². The summed E-state index contributed by atoms with van der Waals surface area (Å²) in [5.41, 5.74) is 0.437. The minimum atomic E-state index is -0.567. The number of aliphatic hydroxyl groups is 1. The van der Waals surface area contributed by atoms with Gasteiger partial charge in [0, 0.05) is 6.20 Å². The number of pyridine rings is 1. The van der Waals surface area contributed by atoms with Gasteiger partial charge in [0.25, 0.3) is 0 Å². The quantitative estimate of drug-likeness (QED) is 0.890. The summed E-state index contributed by atoms with van der Waals surface area (Å²) >= 11 is 5.79. The summed E-state index contributed by atoms with van der Waals surface area (Å²) in [5.74, 6) is 0.680. The Bertz CT molecular complexity index is 501. The first-order chi connectivity index (χ1) is 8.64. The third kappa shape index (κ3) is 2.81. The molecule has 94 valence electrons.